The van der Waals surface area contributed by atoms with Gasteiger partial charge >= 0.3 is 0 Å². The molecule has 2 aromatic carbocycles. The number of rotatable bonds is 12. The van der Waals surface area contributed by atoms with Gasteiger partial charge in [0.25, 0.3) is 0 Å². The molecule has 0 fully saturated rings. The van der Waals surface area contributed by atoms with Crippen LogP contribution < -0.4 is 10.2 Å². The second-order valence-electron chi connectivity index (χ2n) is 7.01. The van der Waals surface area contributed by atoms with Gasteiger partial charge in [-0.15, -0.1) is 0 Å². The third-order valence-corrected chi connectivity index (χ3v) is 5.42. The Labute approximate surface area is 182 Å². The first-order valence-corrected chi connectivity index (χ1v) is 10.9. The van der Waals surface area contributed by atoms with Gasteiger partial charge < -0.3 is 15.0 Å². The van der Waals surface area contributed by atoms with Crippen LogP contribution in [0.15, 0.2) is 60.7 Å². The molecule has 1 N–H and O–H groups in total. The zero-order valence-electron chi connectivity index (χ0n) is 17.3. The molecule has 6 nitrogen and oxygen atoms in total. The summed E-state index contributed by atoms with van der Waals surface area (Å²) < 4.78 is 9.56. The number of ether oxygens (including phenoxy) is 1. The molecule has 1 amide bonds. The number of carbonyl (C=O) groups is 1. The molecule has 7 heteroatoms. The second-order valence-corrected chi connectivity index (χ2v) is 7.74. The van der Waals surface area contributed by atoms with Gasteiger partial charge in [-0.05, 0) is 17.5 Å². The fraction of sp³-hybridized carbons (Fsp3) is 0.348. The maximum absolute atomic E-state index is 12.2. The summed E-state index contributed by atoms with van der Waals surface area (Å²) in [6, 6.07) is 20.4. The molecule has 0 radical (unpaired) electrons. The highest BCUT2D eigenvalue weighted by Crippen LogP contribution is 2.21. The van der Waals surface area contributed by atoms with E-state index in [1.807, 2.05) is 36.4 Å². The van der Waals surface area contributed by atoms with Gasteiger partial charge in [0, 0.05) is 57.7 Å². The molecule has 158 valence electrons. The monoisotopic (exact) mass is 424 g/mol. The summed E-state index contributed by atoms with van der Waals surface area (Å²) in [7, 11) is 1.66. The van der Waals surface area contributed by atoms with Crippen LogP contribution in [0, 0.1) is 0 Å². The van der Waals surface area contributed by atoms with Crippen LogP contribution in [0.1, 0.15) is 29.8 Å². The molecule has 0 unspecified atom stereocenters. The average Bonchev–Trinajstić information content (AvgIpc) is 3.24. The van der Waals surface area contributed by atoms with Crippen molar-refractivity contribution in [1.29, 1.82) is 0 Å². The molecule has 1 aromatic heterocycles. The summed E-state index contributed by atoms with van der Waals surface area (Å²) in [6.45, 7) is 2.56. The van der Waals surface area contributed by atoms with E-state index in [-0.39, 0.29) is 5.91 Å². The lowest BCUT2D eigenvalue weighted by atomic mass is 10.1. The first-order valence-electron chi connectivity index (χ1n) is 10.2. The molecule has 1 heterocycles. The number of nitrogens with one attached hydrogen (secondary N) is 1. The molecule has 3 aromatic rings. The highest BCUT2D eigenvalue weighted by Gasteiger charge is 2.15. The number of methoxy groups -OCH3 is 1. The van der Waals surface area contributed by atoms with E-state index < -0.39 is 0 Å². The Morgan fingerprint density at radius 3 is 2.47 bits per heavy atom. The molecule has 0 aliphatic heterocycles. The van der Waals surface area contributed by atoms with E-state index in [0.717, 1.165) is 17.4 Å². The number of hydrogen-bond donors (Lipinski definition) is 1. The van der Waals surface area contributed by atoms with Crippen molar-refractivity contribution < 1.29 is 9.53 Å². The quantitative estimate of drug-likeness (QED) is 0.449. The third-order valence-electron chi connectivity index (χ3n) is 4.61. The molecule has 0 spiro atoms. The normalized spacial score (nSPS) is 10.7. The largest absolute Gasteiger partial charge is 0.385 e. The van der Waals surface area contributed by atoms with Crippen LogP contribution in [0.4, 0.5) is 5.13 Å². The van der Waals surface area contributed by atoms with Crippen molar-refractivity contribution in [1.82, 2.24) is 14.7 Å². The standard InChI is InChI=1S/C23H28N4O2S/c1-29-16-8-14-24-22(28)13-15-27(18-20-11-6-3-7-12-20)23-25-21(26-30-23)17-19-9-4-2-5-10-19/h2-7,9-12H,8,13-18H2,1H3,(H,24,28). The van der Waals surface area contributed by atoms with Gasteiger partial charge in [-0.2, -0.15) is 4.37 Å². The Kier molecular flexibility index (Phi) is 8.80. The number of aromatic nitrogens is 2. The van der Waals surface area contributed by atoms with Gasteiger partial charge in [-0.3, -0.25) is 4.79 Å². The van der Waals surface area contributed by atoms with Gasteiger partial charge in [0.05, 0.1) is 0 Å². The molecule has 30 heavy (non-hydrogen) atoms. The van der Waals surface area contributed by atoms with Gasteiger partial charge in [0.2, 0.25) is 11.0 Å². The highest BCUT2D eigenvalue weighted by atomic mass is 32.1. The number of benzene rings is 2. The van der Waals surface area contributed by atoms with E-state index in [1.165, 1.54) is 22.7 Å². The molecule has 0 saturated carbocycles. The SMILES string of the molecule is COCCCNC(=O)CCN(Cc1ccccc1)c1nc(Cc2ccccc2)ns1. The van der Waals surface area contributed by atoms with Crippen LogP contribution >= 0.6 is 11.5 Å². The minimum Gasteiger partial charge on any atom is -0.385 e. The Bertz CT molecular complexity index is 886. The maximum Gasteiger partial charge on any atom is 0.221 e. The Hall–Kier alpha value is -2.77. The van der Waals surface area contributed by atoms with Crippen LogP contribution in [-0.2, 0) is 22.5 Å². The van der Waals surface area contributed by atoms with Crippen LogP contribution in [-0.4, -0.2) is 42.1 Å². The summed E-state index contributed by atoms with van der Waals surface area (Å²) in [4.78, 5) is 19.1. The van der Waals surface area contributed by atoms with Gasteiger partial charge in [0.1, 0.15) is 5.82 Å². The summed E-state index contributed by atoms with van der Waals surface area (Å²) >= 11 is 1.39. The second kappa shape index (κ2) is 12.0. The average molecular weight is 425 g/mol. The lowest BCUT2D eigenvalue weighted by Crippen LogP contribution is -2.31. The number of anilines is 1. The van der Waals surface area contributed by atoms with E-state index in [2.05, 4.69) is 38.9 Å². The Balaban J connectivity index is 1.63. The lowest BCUT2D eigenvalue weighted by Gasteiger charge is -2.21. The molecular weight excluding hydrogens is 396 g/mol. The Morgan fingerprint density at radius 1 is 1.07 bits per heavy atom. The van der Waals surface area contributed by atoms with Crippen molar-refractivity contribution in [3.63, 3.8) is 0 Å². The summed E-state index contributed by atoms with van der Waals surface area (Å²) in [6.07, 6.45) is 1.93. The van der Waals surface area contributed by atoms with Crippen LogP contribution in [0.2, 0.25) is 0 Å². The number of hydrogen-bond acceptors (Lipinski definition) is 6. The maximum atomic E-state index is 12.2. The smallest absolute Gasteiger partial charge is 0.221 e. The minimum absolute atomic E-state index is 0.0400. The van der Waals surface area contributed by atoms with Gasteiger partial charge in [-0.25, -0.2) is 4.98 Å². The summed E-state index contributed by atoms with van der Waals surface area (Å²) in [5, 5.41) is 3.79. The van der Waals surface area contributed by atoms with Crippen molar-refractivity contribution in [2.75, 3.05) is 31.7 Å². The molecule has 0 atom stereocenters. The molecule has 0 aliphatic carbocycles. The molecule has 0 bridgehead atoms. The van der Waals surface area contributed by atoms with Crippen LogP contribution in [0.3, 0.4) is 0 Å². The third kappa shape index (κ3) is 7.24. The summed E-state index contributed by atoms with van der Waals surface area (Å²) in [5.74, 6) is 0.849. The van der Waals surface area contributed by atoms with Crippen molar-refractivity contribution >= 4 is 22.6 Å². The fourth-order valence-electron chi connectivity index (χ4n) is 3.04. The van der Waals surface area contributed by atoms with Crippen molar-refractivity contribution in [3.05, 3.63) is 77.6 Å². The molecule has 0 saturated heterocycles. The van der Waals surface area contributed by atoms with Crippen molar-refractivity contribution in [2.24, 2.45) is 0 Å². The van der Waals surface area contributed by atoms with Crippen LogP contribution in [0.5, 0.6) is 0 Å². The summed E-state index contributed by atoms with van der Waals surface area (Å²) in [5.41, 5.74) is 2.37. The van der Waals surface area contributed by atoms with E-state index >= 15 is 0 Å². The lowest BCUT2D eigenvalue weighted by molar-refractivity contribution is -0.120. The molecular formula is C23H28N4O2S. The highest BCUT2D eigenvalue weighted by molar-refractivity contribution is 7.09. The molecule has 0 aliphatic rings. The van der Waals surface area contributed by atoms with E-state index in [0.29, 0.717) is 39.1 Å². The first kappa shape index (κ1) is 21.9. The fourth-order valence-corrected chi connectivity index (χ4v) is 3.75. The number of nitrogens with zero attached hydrogens (tertiary/aromatic N) is 3. The topological polar surface area (TPSA) is 67.3 Å². The van der Waals surface area contributed by atoms with E-state index in [4.69, 9.17) is 9.72 Å². The minimum atomic E-state index is 0.0400. The predicted octanol–water partition coefficient (Wildman–Crippen LogP) is 3.68. The van der Waals surface area contributed by atoms with Gasteiger partial charge in [-0.1, -0.05) is 60.7 Å². The first-order chi connectivity index (χ1) is 14.7. The zero-order valence-corrected chi connectivity index (χ0v) is 18.1. The van der Waals surface area contributed by atoms with Crippen molar-refractivity contribution in [3.8, 4) is 0 Å². The predicted molar refractivity (Wildman–Crippen MR) is 121 cm³/mol. The number of carbonyl (C=O) groups excluding carboxylic acids is 1. The Morgan fingerprint density at radius 2 is 1.77 bits per heavy atom. The van der Waals surface area contributed by atoms with E-state index in [1.54, 1.807) is 7.11 Å². The molecule has 3 rings (SSSR count). The van der Waals surface area contributed by atoms with Crippen LogP contribution in [0.25, 0.3) is 0 Å². The van der Waals surface area contributed by atoms with Gasteiger partial charge in [0.15, 0.2) is 0 Å². The number of amides is 1. The van der Waals surface area contributed by atoms with E-state index in [9.17, 15) is 4.79 Å². The zero-order chi connectivity index (χ0) is 21.0. The van der Waals surface area contributed by atoms with Crippen molar-refractivity contribution in [2.45, 2.75) is 25.8 Å².